The molecule has 4 heterocycles. The molecule has 38 heavy (non-hydrogen) atoms. The summed E-state index contributed by atoms with van der Waals surface area (Å²) < 4.78 is 3.53. The number of amides is 1. The summed E-state index contributed by atoms with van der Waals surface area (Å²) in [6.45, 7) is 1.77. The number of aromatic nitrogens is 5. The van der Waals surface area contributed by atoms with Gasteiger partial charge < -0.3 is 10.6 Å². The number of ketones is 1. The van der Waals surface area contributed by atoms with Gasteiger partial charge in [-0.2, -0.15) is 10.2 Å². The van der Waals surface area contributed by atoms with Gasteiger partial charge in [0.05, 0.1) is 12.1 Å². The molecule has 3 aromatic heterocycles. The van der Waals surface area contributed by atoms with Gasteiger partial charge in [-0.25, -0.2) is 9.50 Å². The second kappa shape index (κ2) is 8.79. The number of Topliss-reactive ketones (excluding diaryl/α,β-unsaturated/α-hetero) is 1. The molecular weight excluding hydrogens is 478 g/mol. The van der Waals surface area contributed by atoms with E-state index in [1.807, 2.05) is 58.2 Å². The van der Waals surface area contributed by atoms with Gasteiger partial charge in [-0.15, -0.1) is 0 Å². The molecule has 190 valence electrons. The van der Waals surface area contributed by atoms with Gasteiger partial charge in [0.25, 0.3) is 0 Å². The van der Waals surface area contributed by atoms with Crippen LogP contribution in [0.5, 0.6) is 0 Å². The topological polar surface area (TPSA) is 111 Å². The third kappa shape index (κ3) is 3.91. The number of nitrogens with two attached hydrogens (primary N) is 1. The Morgan fingerprint density at radius 2 is 1.84 bits per heavy atom. The molecule has 1 aliphatic heterocycles. The van der Waals surface area contributed by atoms with Crippen LogP contribution in [0.3, 0.4) is 0 Å². The average molecular weight is 506 g/mol. The third-order valence-electron chi connectivity index (χ3n) is 7.69. The normalized spacial score (nSPS) is 17.5. The number of benzene rings is 2. The van der Waals surface area contributed by atoms with Crippen LogP contribution in [0.1, 0.15) is 35.3 Å². The van der Waals surface area contributed by atoms with Crippen LogP contribution < -0.4 is 5.73 Å². The zero-order chi connectivity index (χ0) is 25.8. The van der Waals surface area contributed by atoms with Gasteiger partial charge in [0, 0.05) is 42.1 Å². The predicted molar refractivity (Wildman–Crippen MR) is 143 cm³/mol. The first kappa shape index (κ1) is 22.7. The van der Waals surface area contributed by atoms with E-state index >= 15 is 0 Å². The van der Waals surface area contributed by atoms with Crippen molar-refractivity contribution in [2.24, 2.45) is 11.8 Å². The van der Waals surface area contributed by atoms with E-state index in [-0.39, 0.29) is 23.5 Å². The average Bonchev–Trinajstić information content (AvgIpc) is 3.33. The Morgan fingerprint density at radius 3 is 2.66 bits per heavy atom. The van der Waals surface area contributed by atoms with Crippen molar-refractivity contribution in [2.45, 2.75) is 25.8 Å². The Hall–Kier alpha value is -4.53. The maximum Gasteiger partial charge on any atom is 0.225 e. The highest BCUT2D eigenvalue weighted by atomic mass is 16.2. The number of carbonyl (C=O) groups excluding carboxylic acids is 2. The number of nitrogen functional groups attached to an aromatic ring is 1. The van der Waals surface area contributed by atoms with Crippen molar-refractivity contribution in [3.63, 3.8) is 0 Å². The first-order chi connectivity index (χ1) is 18.5. The molecule has 1 amide bonds. The van der Waals surface area contributed by atoms with E-state index in [4.69, 9.17) is 10.8 Å². The summed E-state index contributed by atoms with van der Waals surface area (Å²) in [5.74, 6) is 0.371. The molecule has 0 spiro atoms. The standard InChI is InChI=1S/C29H27N7O2/c30-28-26-23(20-8-9-21-16-35(33-24(21)12-20)14-18-4-2-1-3-5-18)13-25(36(26)32-17-31-28)27(37)22-10-11-34(15-22)29(38)19-6-7-19/h1-5,8-9,12-13,16-17,19,22H,6-7,10-11,14-15H2,(H2,30,31,32). The molecule has 0 bridgehead atoms. The summed E-state index contributed by atoms with van der Waals surface area (Å²) in [6, 6.07) is 18.1. The number of likely N-dealkylation sites (tertiary alicyclic amines) is 1. The molecule has 7 rings (SSSR count). The predicted octanol–water partition coefficient (Wildman–Crippen LogP) is 3.82. The van der Waals surface area contributed by atoms with Crippen LogP contribution in [0.15, 0.2) is 67.1 Å². The molecule has 2 N–H and O–H groups in total. The fourth-order valence-electron chi connectivity index (χ4n) is 5.52. The molecule has 2 fully saturated rings. The molecule has 1 aliphatic carbocycles. The minimum absolute atomic E-state index is 0.0244. The Morgan fingerprint density at radius 1 is 1.00 bits per heavy atom. The monoisotopic (exact) mass is 505 g/mol. The zero-order valence-corrected chi connectivity index (χ0v) is 20.8. The number of anilines is 1. The zero-order valence-electron chi connectivity index (χ0n) is 20.8. The van der Waals surface area contributed by atoms with E-state index in [1.165, 1.54) is 11.9 Å². The summed E-state index contributed by atoms with van der Waals surface area (Å²) in [7, 11) is 0. The lowest BCUT2D eigenvalue weighted by molar-refractivity contribution is -0.131. The van der Waals surface area contributed by atoms with Crippen molar-refractivity contribution in [1.29, 1.82) is 0 Å². The van der Waals surface area contributed by atoms with E-state index in [2.05, 4.69) is 22.2 Å². The number of fused-ring (bicyclic) bond motifs is 2. The number of carbonyl (C=O) groups is 2. The molecule has 1 unspecified atom stereocenters. The Balaban J connectivity index is 1.23. The van der Waals surface area contributed by atoms with Crippen molar-refractivity contribution in [2.75, 3.05) is 18.8 Å². The van der Waals surface area contributed by atoms with Crippen LogP contribution in [-0.2, 0) is 11.3 Å². The highest BCUT2D eigenvalue weighted by molar-refractivity contribution is 6.03. The molecule has 1 saturated heterocycles. The molecular formula is C29H27N7O2. The van der Waals surface area contributed by atoms with E-state index in [1.54, 1.807) is 4.52 Å². The van der Waals surface area contributed by atoms with Gasteiger partial charge in [-0.05, 0) is 42.5 Å². The van der Waals surface area contributed by atoms with Crippen molar-refractivity contribution >= 4 is 33.9 Å². The van der Waals surface area contributed by atoms with Gasteiger partial charge in [0.1, 0.15) is 17.5 Å². The fourth-order valence-corrected chi connectivity index (χ4v) is 5.52. The molecule has 1 atom stereocenters. The van der Waals surface area contributed by atoms with Crippen molar-refractivity contribution < 1.29 is 9.59 Å². The SMILES string of the molecule is Nc1ncnn2c(C(=O)C3CCN(C(=O)C4CC4)C3)cc(-c3ccc4cn(Cc5ccccc5)nc4c3)c12. The quantitative estimate of drug-likeness (QED) is 0.351. The minimum Gasteiger partial charge on any atom is -0.382 e. The third-order valence-corrected chi connectivity index (χ3v) is 7.69. The van der Waals surface area contributed by atoms with E-state index in [0.29, 0.717) is 43.1 Å². The first-order valence-corrected chi connectivity index (χ1v) is 13.0. The summed E-state index contributed by atoms with van der Waals surface area (Å²) in [4.78, 5) is 32.3. The van der Waals surface area contributed by atoms with E-state index in [0.717, 1.165) is 34.9 Å². The maximum absolute atomic E-state index is 13.7. The smallest absolute Gasteiger partial charge is 0.225 e. The highest BCUT2D eigenvalue weighted by Gasteiger charge is 2.39. The molecule has 2 aliphatic rings. The molecule has 0 radical (unpaired) electrons. The molecule has 9 nitrogen and oxygen atoms in total. The summed E-state index contributed by atoms with van der Waals surface area (Å²) in [5.41, 5.74) is 11.1. The number of hydrogen-bond donors (Lipinski definition) is 1. The fraction of sp³-hybridized carbons (Fsp3) is 0.276. The molecule has 1 saturated carbocycles. The lowest BCUT2D eigenvalue weighted by Gasteiger charge is -2.15. The second-order valence-corrected chi connectivity index (χ2v) is 10.3. The van der Waals surface area contributed by atoms with Crippen molar-refractivity contribution in [3.05, 3.63) is 78.4 Å². The molecule has 9 heteroatoms. The van der Waals surface area contributed by atoms with E-state index in [9.17, 15) is 9.59 Å². The number of nitrogens with zero attached hydrogens (tertiary/aromatic N) is 6. The largest absolute Gasteiger partial charge is 0.382 e. The van der Waals surface area contributed by atoms with Crippen LogP contribution in [0.4, 0.5) is 5.82 Å². The summed E-state index contributed by atoms with van der Waals surface area (Å²) >= 11 is 0. The lowest BCUT2D eigenvalue weighted by atomic mass is 9.99. The highest BCUT2D eigenvalue weighted by Crippen LogP contribution is 2.36. The maximum atomic E-state index is 13.7. The number of hydrogen-bond acceptors (Lipinski definition) is 6. The Bertz CT molecular complexity index is 1700. The van der Waals surface area contributed by atoms with Gasteiger partial charge in [-0.3, -0.25) is 14.3 Å². The Labute approximate surface area is 218 Å². The van der Waals surface area contributed by atoms with Crippen LogP contribution in [0.2, 0.25) is 0 Å². The Kier molecular flexibility index (Phi) is 5.24. The van der Waals surface area contributed by atoms with Gasteiger partial charge >= 0.3 is 0 Å². The lowest BCUT2D eigenvalue weighted by Crippen LogP contribution is -2.31. The van der Waals surface area contributed by atoms with Crippen LogP contribution in [0, 0.1) is 11.8 Å². The van der Waals surface area contributed by atoms with Gasteiger partial charge in [0.15, 0.2) is 11.6 Å². The molecule has 2 aromatic carbocycles. The number of rotatable bonds is 6. The first-order valence-electron chi connectivity index (χ1n) is 13.0. The van der Waals surface area contributed by atoms with Gasteiger partial charge in [0.2, 0.25) is 5.91 Å². The second-order valence-electron chi connectivity index (χ2n) is 10.3. The van der Waals surface area contributed by atoms with Gasteiger partial charge in [-0.1, -0.05) is 42.5 Å². The summed E-state index contributed by atoms with van der Waals surface area (Å²) in [6.07, 6.45) is 5.99. The molecule has 5 aromatic rings. The van der Waals surface area contributed by atoms with Crippen LogP contribution >= 0.6 is 0 Å². The van der Waals surface area contributed by atoms with Crippen LogP contribution in [0.25, 0.3) is 27.5 Å². The van der Waals surface area contributed by atoms with E-state index < -0.39 is 0 Å². The van der Waals surface area contributed by atoms with Crippen molar-refractivity contribution in [1.82, 2.24) is 29.3 Å². The van der Waals surface area contributed by atoms with Crippen molar-refractivity contribution in [3.8, 4) is 11.1 Å². The van der Waals surface area contributed by atoms with Crippen LogP contribution in [-0.4, -0.2) is 54.1 Å². The minimum atomic E-state index is -0.254. The summed E-state index contributed by atoms with van der Waals surface area (Å²) in [5, 5.41) is 10.2.